The van der Waals surface area contributed by atoms with E-state index in [4.69, 9.17) is 9.84 Å². The van der Waals surface area contributed by atoms with Crippen LogP contribution in [0.15, 0.2) is 24.3 Å². The molecular weight excluding hydrogens is 277 g/mol. The molecular formula is C15H20FNO4. The number of benzene rings is 1. The predicted molar refractivity (Wildman–Crippen MR) is 75.6 cm³/mol. The van der Waals surface area contributed by atoms with Gasteiger partial charge in [0.05, 0.1) is 0 Å². The molecule has 1 unspecified atom stereocenters. The lowest BCUT2D eigenvalue weighted by Crippen LogP contribution is -2.38. The van der Waals surface area contributed by atoms with Gasteiger partial charge in [-0.05, 0) is 31.4 Å². The van der Waals surface area contributed by atoms with Crippen LogP contribution >= 0.6 is 0 Å². The SMILES string of the molecule is CCC(Oc1ccccc1F)C(=O)NCCCCC(=O)O. The Morgan fingerprint density at radius 3 is 2.67 bits per heavy atom. The zero-order chi connectivity index (χ0) is 15.7. The van der Waals surface area contributed by atoms with Crippen molar-refractivity contribution in [3.63, 3.8) is 0 Å². The fraction of sp³-hybridized carbons (Fsp3) is 0.467. The number of carboxylic acids is 1. The van der Waals surface area contributed by atoms with Crippen LogP contribution in [0.5, 0.6) is 5.75 Å². The third kappa shape index (κ3) is 6.25. The third-order valence-corrected chi connectivity index (χ3v) is 2.89. The monoisotopic (exact) mass is 297 g/mol. The number of aliphatic carboxylic acids is 1. The number of carbonyl (C=O) groups excluding carboxylic acids is 1. The largest absolute Gasteiger partial charge is 0.481 e. The van der Waals surface area contributed by atoms with Crippen molar-refractivity contribution >= 4 is 11.9 Å². The van der Waals surface area contributed by atoms with Crippen LogP contribution in [0.3, 0.4) is 0 Å². The van der Waals surface area contributed by atoms with Gasteiger partial charge in [0.15, 0.2) is 17.7 Å². The number of hydrogen-bond acceptors (Lipinski definition) is 3. The summed E-state index contributed by atoms with van der Waals surface area (Å²) in [5.41, 5.74) is 0. The van der Waals surface area contributed by atoms with Crippen molar-refractivity contribution in [3.05, 3.63) is 30.1 Å². The number of hydrogen-bond donors (Lipinski definition) is 2. The van der Waals surface area contributed by atoms with Gasteiger partial charge in [-0.25, -0.2) is 4.39 Å². The van der Waals surface area contributed by atoms with Gasteiger partial charge in [-0.15, -0.1) is 0 Å². The van der Waals surface area contributed by atoms with Gasteiger partial charge in [-0.2, -0.15) is 0 Å². The molecule has 2 N–H and O–H groups in total. The van der Waals surface area contributed by atoms with E-state index in [1.807, 2.05) is 0 Å². The van der Waals surface area contributed by atoms with Gasteiger partial charge in [0.2, 0.25) is 0 Å². The highest BCUT2D eigenvalue weighted by molar-refractivity contribution is 5.81. The van der Waals surface area contributed by atoms with E-state index < -0.39 is 17.9 Å². The third-order valence-electron chi connectivity index (χ3n) is 2.89. The second-order valence-corrected chi connectivity index (χ2v) is 4.59. The molecule has 1 aromatic rings. The summed E-state index contributed by atoms with van der Waals surface area (Å²) in [5.74, 6) is -1.64. The first-order chi connectivity index (χ1) is 10.0. The van der Waals surface area contributed by atoms with Gasteiger partial charge in [0.1, 0.15) is 0 Å². The van der Waals surface area contributed by atoms with Gasteiger partial charge in [-0.1, -0.05) is 19.1 Å². The highest BCUT2D eigenvalue weighted by Gasteiger charge is 2.19. The number of amides is 1. The Morgan fingerprint density at radius 1 is 1.33 bits per heavy atom. The first-order valence-electron chi connectivity index (χ1n) is 6.95. The van der Waals surface area contributed by atoms with Crippen molar-refractivity contribution in [2.24, 2.45) is 0 Å². The number of carbonyl (C=O) groups is 2. The van der Waals surface area contributed by atoms with Gasteiger partial charge in [-0.3, -0.25) is 9.59 Å². The fourth-order valence-electron chi connectivity index (χ4n) is 1.74. The quantitative estimate of drug-likeness (QED) is 0.686. The molecule has 0 saturated carbocycles. The average Bonchev–Trinajstić information content (AvgIpc) is 2.45. The van der Waals surface area contributed by atoms with Gasteiger partial charge < -0.3 is 15.2 Å². The van der Waals surface area contributed by atoms with E-state index >= 15 is 0 Å². The van der Waals surface area contributed by atoms with E-state index in [0.717, 1.165) is 0 Å². The number of carboxylic acid groups (broad SMARTS) is 1. The van der Waals surface area contributed by atoms with Crippen LogP contribution in [-0.2, 0) is 9.59 Å². The Balaban J connectivity index is 2.39. The molecule has 0 saturated heterocycles. The molecule has 116 valence electrons. The van der Waals surface area contributed by atoms with Crippen LogP contribution in [0.25, 0.3) is 0 Å². The van der Waals surface area contributed by atoms with Crippen molar-refractivity contribution in [1.82, 2.24) is 5.32 Å². The number of ether oxygens (including phenoxy) is 1. The Hall–Kier alpha value is -2.11. The fourth-order valence-corrected chi connectivity index (χ4v) is 1.74. The van der Waals surface area contributed by atoms with E-state index in [9.17, 15) is 14.0 Å². The van der Waals surface area contributed by atoms with Crippen LogP contribution in [-0.4, -0.2) is 29.6 Å². The normalized spacial score (nSPS) is 11.7. The van der Waals surface area contributed by atoms with Crippen molar-refractivity contribution in [2.75, 3.05) is 6.54 Å². The highest BCUT2D eigenvalue weighted by atomic mass is 19.1. The Kier molecular flexibility index (Phi) is 7.21. The van der Waals surface area contributed by atoms with Crippen LogP contribution in [0.2, 0.25) is 0 Å². The lowest BCUT2D eigenvalue weighted by molar-refractivity contribution is -0.137. The maximum atomic E-state index is 13.5. The Morgan fingerprint density at radius 2 is 2.05 bits per heavy atom. The lowest BCUT2D eigenvalue weighted by atomic mass is 10.2. The number of halogens is 1. The molecule has 0 radical (unpaired) electrons. The van der Waals surface area contributed by atoms with Gasteiger partial charge >= 0.3 is 5.97 Å². The number of nitrogens with one attached hydrogen (secondary N) is 1. The molecule has 1 rings (SSSR count). The average molecular weight is 297 g/mol. The standard InChI is InChI=1S/C15H20FNO4/c1-2-12(21-13-8-4-3-7-11(13)16)15(20)17-10-6-5-9-14(18)19/h3-4,7-8,12H,2,5-6,9-10H2,1H3,(H,17,20)(H,18,19). The van der Waals surface area contributed by atoms with Crippen molar-refractivity contribution in [2.45, 2.75) is 38.7 Å². The van der Waals surface area contributed by atoms with E-state index in [1.54, 1.807) is 19.1 Å². The summed E-state index contributed by atoms with van der Waals surface area (Å²) < 4.78 is 18.8. The molecule has 0 bridgehead atoms. The molecule has 0 aromatic heterocycles. The first kappa shape index (κ1) is 16.9. The molecule has 0 aliphatic heterocycles. The van der Waals surface area contributed by atoms with Crippen molar-refractivity contribution in [1.29, 1.82) is 0 Å². The summed E-state index contributed by atoms with van der Waals surface area (Å²) in [4.78, 5) is 22.3. The Bertz CT molecular complexity index is 478. The second kappa shape index (κ2) is 8.94. The number of para-hydroxylation sites is 1. The molecule has 5 nitrogen and oxygen atoms in total. The highest BCUT2D eigenvalue weighted by Crippen LogP contribution is 2.18. The summed E-state index contributed by atoms with van der Waals surface area (Å²) in [5, 5.41) is 11.2. The van der Waals surface area contributed by atoms with E-state index in [0.29, 0.717) is 25.8 Å². The number of unbranched alkanes of at least 4 members (excludes halogenated alkanes) is 1. The number of rotatable bonds is 9. The summed E-state index contributed by atoms with van der Waals surface area (Å²) >= 11 is 0. The topological polar surface area (TPSA) is 75.6 Å². The van der Waals surface area contributed by atoms with Crippen LogP contribution in [0, 0.1) is 5.82 Å². The smallest absolute Gasteiger partial charge is 0.303 e. The second-order valence-electron chi connectivity index (χ2n) is 4.59. The molecule has 0 aliphatic carbocycles. The van der Waals surface area contributed by atoms with E-state index in [2.05, 4.69) is 5.32 Å². The molecule has 1 atom stereocenters. The van der Waals surface area contributed by atoms with E-state index in [1.165, 1.54) is 12.1 Å². The van der Waals surface area contributed by atoms with E-state index in [-0.39, 0.29) is 18.1 Å². The summed E-state index contributed by atoms with van der Waals surface area (Å²) in [6.45, 7) is 2.15. The van der Waals surface area contributed by atoms with Crippen LogP contribution < -0.4 is 10.1 Å². The minimum Gasteiger partial charge on any atom is -0.481 e. The molecule has 1 aromatic carbocycles. The summed E-state index contributed by atoms with van der Waals surface area (Å²) in [6, 6.07) is 5.92. The maximum absolute atomic E-state index is 13.5. The van der Waals surface area contributed by atoms with Crippen LogP contribution in [0.4, 0.5) is 4.39 Å². The summed E-state index contributed by atoms with van der Waals surface area (Å²) in [6.07, 6.45) is 0.810. The molecule has 0 heterocycles. The maximum Gasteiger partial charge on any atom is 0.303 e. The molecule has 0 spiro atoms. The zero-order valence-corrected chi connectivity index (χ0v) is 12.0. The molecule has 0 aliphatic rings. The molecule has 6 heteroatoms. The minimum absolute atomic E-state index is 0.0466. The zero-order valence-electron chi connectivity index (χ0n) is 12.0. The predicted octanol–water partition coefficient (Wildman–Crippen LogP) is 2.35. The van der Waals surface area contributed by atoms with Gasteiger partial charge in [0, 0.05) is 13.0 Å². The molecule has 1 amide bonds. The Labute approximate surface area is 123 Å². The van der Waals surface area contributed by atoms with Crippen molar-refractivity contribution in [3.8, 4) is 5.75 Å². The molecule has 21 heavy (non-hydrogen) atoms. The first-order valence-corrected chi connectivity index (χ1v) is 6.95. The summed E-state index contributed by atoms with van der Waals surface area (Å²) in [7, 11) is 0. The lowest BCUT2D eigenvalue weighted by Gasteiger charge is -2.17. The van der Waals surface area contributed by atoms with Crippen molar-refractivity contribution < 1.29 is 23.8 Å². The molecule has 0 fully saturated rings. The minimum atomic E-state index is -0.851. The van der Waals surface area contributed by atoms with Gasteiger partial charge in [0.25, 0.3) is 5.91 Å². The van der Waals surface area contributed by atoms with Crippen LogP contribution in [0.1, 0.15) is 32.6 Å².